The summed E-state index contributed by atoms with van der Waals surface area (Å²) in [6.45, 7) is 1.69. The van der Waals surface area contributed by atoms with Crippen molar-refractivity contribution in [2.75, 3.05) is 6.61 Å². The van der Waals surface area contributed by atoms with Crippen LogP contribution in [0.5, 0.6) is 0 Å². The molecule has 0 aliphatic heterocycles. The predicted octanol–water partition coefficient (Wildman–Crippen LogP) is 0.963. The average molecular weight is 139 g/mol. The second kappa shape index (κ2) is 3.08. The van der Waals surface area contributed by atoms with Gasteiger partial charge in [-0.05, 0) is 6.92 Å². The highest BCUT2D eigenvalue weighted by Gasteiger charge is 2.21. The van der Waals surface area contributed by atoms with Crippen LogP contribution in [-0.2, 0) is 4.74 Å². The fraction of sp³-hybridized carbons (Fsp3) is 1.00. The summed E-state index contributed by atoms with van der Waals surface area (Å²) in [6, 6.07) is 0. The lowest BCUT2D eigenvalue weighted by Gasteiger charge is -2.12. The van der Waals surface area contributed by atoms with Gasteiger partial charge in [0.05, 0.1) is 0 Å². The molecule has 0 aliphatic rings. The van der Waals surface area contributed by atoms with Crippen LogP contribution in [0.3, 0.4) is 0 Å². The zero-order valence-corrected chi connectivity index (χ0v) is 5.53. The fourth-order valence-electron chi connectivity index (χ4n) is 0.278. The SMILES string of the molecule is C[C@H](N)OCC(C)(F)F. The van der Waals surface area contributed by atoms with Crippen molar-refractivity contribution in [3.05, 3.63) is 0 Å². The summed E-state index contributed by atoms with van der Waals surface area (Å²) in [5.74, 6) is -2.77. The van der Waals surface area contributed by atoms with Gasteiger partial charge >= 0.3 is 0 Å². The van der Waals surface area contributed by atoms with Crippen molar-refractivity contribution in [1.82, 2.24) is 0 Å². The molecule has 0 aromatic rings. The van der Waals surface area contributed by atoms with Crippen LogP contribution < -0.4 is 5.73 Å². The van der Waals surface area contributed by atoms with Crippen molar-refractivity contribution in [3.8, 4) is 0 Å². The van der Waals surface area contributed by atoms with E-state index in [9.17, 15) is 8.78 Å². The van der Waals surface area contributed by atoms with Gasteiger partial charge in [0.25, 0.3) is 5.92 Å². The molecule has 1 atom stereocenters. The van der Waals surface area contributed by atoms with E-state index in [4.69, 9.17) is 5.73 Å². The van der Waals surface area contributed by atoms with Gasteiger partial charge in [-0.25, -0.2) is 8.78 Å². The van der Waals surface area contributed by atoms with Crippen LogP contribution in [0.25, 0.3) is 0 Å². The third kappa shape index (κ3) is 7.78. The molecule has 0 unspecified atom stereocenters. The Bertz CT molecular complexity index is 79.5. The number of ether oxygens (including phenoxy) is 1. The Kier molecular flexibility index (Phi) is 3.00. The van der Waals surface area contributed by atoms with Gasteiger partial charge in [-0.1, -0.05) is 0 Å². The minimum absolute atomic E-state index is 0.606. The lowest BCUT2D eigenvalue weighted by Crippen LogP contribution is -2.27. The van der Waals surface area contributed by atoms with Gasteiger partial charge in [-0.3, -0.25) is 0 Å². The van der Waals surface area contributed by atoms with Gasteiger partial charge in [0.1, 0.15) is 12.8 Å². The van der Waals surface area contributed by atoms with Crippen molar-refractivity contribution in [1.29, 1.82) is 0 Å². The maximum Gasteiger partial charge on any atom is 0.268 e. The molecule has 0 fully saturated rings. The molecule has 56 valence electrons. The highest BCUT2D eigenvalue weighted by atomic mass is 19.3. The van der Waals surface area contributed by atoms with Crippen molar-refractivity contribution < 1.29 is 13.5 Å². The van der Waals surface area contributed by atoms with Gasteiger partial charge in [0.2, 0.25) is 0 Å². The molecule has 4 heteroatoms. The first-order chi connectivity index (χ1) is 3.92. The van der Waals surface area contributed by atoms with E-state index in [0.717, 1.165) is 6.92 Å². The zero-order chi connectivity index (χ0) is 7.49. The summed E-state index contributed by atoms with van der Waals surface area (Å²) < 4.78 is 28.2. The second-order valence-electron chi connectivity index (χ2n) is 2.09. The molecule has 0 bridgehead atoms. The van der Waals surface area contributed by atoms with Crippen LogP contribution in [0.15, 0.2) is 0 Å². The molecule has 0 radical (unpaired) electrons. The molecule has 0 aromatic carbocycles. The molecule has 0 saturated carbocycles. The van der Waals surface area contributed by atoms with Gasteiger partial charge < -0.3 is 10.5 Å². The number of hydrogen-bond acceptors (Lipinski definition) is 2. The lowest BCUT2D eigenvalue weighted by molar-refractivity contribution is -0.0817. The van der Waals surface area contributed by atoms with E-state index in [1.165, 1.54) is 6.92 Å². The molecule has 0 rings (SSSR count). The predicted molar refractivity (Wildman–Crippen MR) is 30.2 cm³/mol. The summed E-state index contributed by atoms with van der Waals surface area (Å²) in [7, 11) is 0. The molecule has 0 spiro atoms. The Balaban J connectivity index is 3.28. The summed E-state index contributed by atoms with van der Waals surface area (Å²) in [5.41, 5.74) is 5.04. The van der Waals surface area contributed by atoms with E-state index in [1.54, 1.807) is 0 Å². The Morgan fingerprint density at radius 3 is 2.22 bits per heavy atom. The van der Waals surface area contributed by atoms with Gasteiger partial charge in [0, 0.05) is 6.92 Å². The molecule has 9 heavy (non-hydrogen) atoms. The Labute approximate surface area is 53.0 Å². The number of halogens is 2. The van der Waals surface area contributed by atoms with Crippen LogP contribution in [0.4, 0.5) is 8.78 Å². The average Bonchev–Trinajstić information content (AvgIpc) is 1.59. The number of hydrogen-bond donors (Lipinski definition) is 1. The van der Waals surface area contributed by atoms with Gasteiger partial charge in [-0.15, -0.1) is 0 Å². The van der Waals surface area contributed by atoms with Gasteiger partial charge in [-0.2, -0.15) is 0 Å². The van der Waals surface area contributed by atoms with E-state index in [1.807, 2.05) is 0 Å². The first-order valence-electron chi connectivity index (χ1n) is 2.67. The summed E-state index contributed by atoms with van der Waals surface area (Å²) in [6.07, 6.45) is -0.615. The summed E-state index contributed by atoms with van der Waals surface area (Å²) >= 11 is 0. The molecule has 0 aromatic heterocycles. The Morgan fingerprint density at radius 2 is 2.11 bits per heavy atom. The Hall–Kier alpha value is -0.220. The van der Waals surface area contributed by atoms with Crippen molar-refractivity contribution in [2.24, 2.45) is 5.73 Å². The maximum absolute atomic E-state index is 11.9. The number of alkyl halides is 2. The lowest BCUT2D eigenvalue weighted by atomic mass is 10.4. The third-order valence-corrected chi connectivity index (χ3v) is 0.600. The van der Waals surface area contributed by atoms with Crippen molar-refractivity contribution >= 4 is 0 Å². The van der Waals surface area contributed by atoms with E-state index in [0.29, 0.717) is 0 Å². The molecule has 2 nitrogen and oxygen atoms in total. The molecule has 0 amide bonds. The van der Waals surface area contributed by atoms with Crippen LogP contribution in [0.2, 0.25) is 0 Å². The number of rotatable bonds is 3. The van der Waals surface area contributed by atoms with Crippen LogP contribution >= 0.6 is 0 Å². The Morgan fingerprint density at radius 1 is 1.67 bits per heavy atom. The number of nitrogens with two attached hydrogens (primary N) is 1. The van der Waals surface area contributed by atoms with Crippen LogP contribution in [0, 0.1) is 0 Å². The molecule has 0 heterocycles. The van der Waals surface area contributed by atoms with E-state index in [2.05, 4.69) is 4.74 Å². The van der Waals surface area contributed by atoms with Crippen molar-refractivity contribution in [2.45, 2.75) is 26.0 Å². The molecule has 0 saturated heterocycles. The second-order valence-corrected chi connectivity index (χ2v) is 2.09. The van der Waals surface area contributed by atoms with E-state index < -0.39 is 18.8 Å². The quantitative estimate of drug-likeness (QED) is 0.591. The zero-order valence-electron chi connectivity index (χ0n) is 5.53. The molecular weight excluding hydrogens is 128 g/mol. The first kappa shape index (κ1) is 8.78. The smallest absolute Gasteiger partial charge is 0.268 e. The first-order valence-corrected chi connectivity index (χ1v) is 2.67. The topological polar surface area (TPSA) is 35.2 Å². The third-order valence-electron chi connectivity index (χ3n) is 0.600. The highest BCUT2D eigenvalue weighted by molar-refractivity contribution is 4.54. The van der Waals surface area contributed by atoms with Crippen molar-refractivity contribution in [3.63, 3.8) is 0 Å². The normalized spacial score (nSPS) is 15.7. The molecule has 2 N–H and O–H groups in total. The molecule has 0 aliphatic carbocycles. The standard InChI is InChI=1S/C5H11F2NO/c1-4(8)9-3-5(2,6)7/h4H,3,8H2,1-2H3/t4-/m1/s1. The monoisotopic (exact) mass is 139 g/mol. The summed E-state index contributed by atoms with van der Waals surface area (Å²) in [5, 5.41) is 0. The fourth-order valence-corrected chi connectivity index (χ4v) is 0.278. The highest BCUT2D eigenvalue weighted by Crippen LogP contribution is 2.11. The minimum Gasteiger partial charge on any atom is -0.358 e. The largest absolute Gasteiger partial charge is 0.358 e. The molecular formula is C5H11F2NO. The summed E-state index contributed by atoms with van der Waals surface area (Å²) in [4.78, 5) is 0. The maximum atomic E-state index is 11.9. The van der Waals surface area contributed by atoms with E-state index >= 15 is 0 Å². The van der Waals surface area contributed by atoms with E-state index in [-0.39, 0.29) is 0 Å². The van der Waals surface area contributed by atoms with Crippen LogP contribution in [0.1, 0.15) is 13.8 Å². The minimum atomic E-state index is -2.77. The van der Waals surface area contributed by atoms with Gasteiger partial charge in [0.15, 0.2) is 0 Å². The van der Waals surface area contributed by atoms with Crippen LogP contribution in [-0.4, -0.2) is 18.8 Å².